The van der Waals surface area contributed by atoms with Crippen LogP contribution in [0.3, 0.4) is 0 Å². The van der Waals surface area contributed by atoms with Crippen LogP contribution < -0.4 is 0 Å². The number of hydrogen-bond acceptors (Lipinski definition) is 3. The number of Topliss-reactive ketones (excluding diaryl/α,β-unsaturated/α-hetero) is 2. The molecule has 3 nitrogen and oxygen atoms in total. The molecule has 0 aromatic carbocycles. The van der Waals surface area contributed by atoms with Crippen LogP contribution in [0.25, 0.3) is 0 Å². The third-order valence-corrected chi connectivity index (χ3v) is 4.76. The van der Waals surface area contributed by atoms with Crippen molar-refractivity contribution in [3.63, 3.8) is 0 Å². The lowest BCUT2D eigenvalue weighted by molar-refractivity contribution is -0.138. The fourth-order valence-corrected chi connectivity index (χ4v) is 3.86. The second-order valence-corrected chi connectivity index (χ2v) is 6.18. The smallest absolute Gasteiger partial charge is 0.143 e. The highest BCUT2D eigenvalue weighted by atomic mass is 16.1. The summed E-state index contributed by atoms with van der Waals surface area (Å²) >= 11 is 0. The topological polar surface area (TPSA) is 37.4 Å². The highest BCUT2D eigenvalue weighted by Crippen LogP contribution is 2.37. The van der Waals surface area contributed by atoms with Gasteiger partial charge in [0.1, 0.15) is 11.6 Å². The molecule has 1 heterocycles. The van der Waals surface area contributed by atoms with Crippen molar-refractivity contribution in [3.8, 4) is 0 Å². The van der Waals surface area contributed by atoms with Crippen LogP contribution in [-0.4, -0.2) is 35.6 Å². The summed E-state index contributed by atoms with van der Waals surface area (Å²) in [4.78, 5) is 26.8. The molecule has 0 bridgehead atoms. The lowest BCUT2D eigenvalue weighted by Gasteiger charge is -2.45. The predicted octanol–water partition coefficient (Wildman–Crippen LogP) is 2.83. The first-order valence-electron chi connectivity index (χ1n) is 7.96. The van der Waals surface area contributed by atoms with Gasteiger partial charge in [0.2, 0.25) is 0 Å². The molecule has 19 heavy (non-hydrogen) atoms. The average Bonchev–Trinajstić information content (AvgIpc) is 2.38. The van der Waals surface area contributed by atoms with E-state index in [0.717, 1.165) is 32.4 Å². The van der Waals surface area contributed by atoms with Crippen molar-refractivity contribution in [2.75, 3.05) is 13.1 Å². The van der Waals surface area contributed by atoms with Gasteiger partial charge < -0.3 is 4.90 Å². The van der Waals surface area contributed by atoms with Crippen LogP contribution in [0.15, 0.2) is 0 Å². The number of piperidine rings is 1. The van der Waals surface area contributed by atoms with Crippen molar-refractivity contribution in [2.24, 2.45) is 11.8 Å². The Morgan fingerprint density at radius 2 is 2.11 bits per heavy atom. The first-order chi connectivity index (χ1) is 9.17. The fourth-order valence-electron chi connectivity index (χ4n) is 3.86. The second-order valence-electron chi connectivity index (χ2n) is 6.18. The number of carbonyl (C=O) groups excluding carboxylic acids is 2. The Bertz CT molecular complexity index is 338. The molecule has 0 N–H and O–H groups in total. The first-order valence-corrected chi connectivity index (χ1v) is 7.96. The van der Waals surface area contributed by atoms with Crippen molar-refractivity contribution < 1.29 is 9.59 Å². The summed E-state index contributed by atoms with van der Waals surface area (Å²) < 4.78 is 0. The van der Waals surface area contributed by atoms with Crippen molar-refractivity contribution in [1.82, 2.24) is 4.90 Å². The zero-order valence-electron chi connectivity index (χ0n) is 12.4. The average molecular weight is 265 g/mol. The molecule has 2 rings (SSSR count). The Kier molecular flexibility index (Phi) is 5.14. The molecule has 1 saturated heterocycles. The minimum Gasteiger partial charge on any atom is -0.300 e. The van der Waals surface area contributed by atoms with E-state index >= 15 is 0 Å². The molecular weight excluding hydrogens is 238 g/mol. The van der Waals surface area contributed by atoms with Gasteiger partial charge in [-0.05, 0) is 51.1 Å². The monoisotopic (exact) mass is 265 g/mol. The van der Waals surface area contributed by atoms with Gasteiger partial charge in [-0.15, -0.1) is 0 Å². The Morgan fingerprint density at radius 3 is 2.79 bits per heavy atom. The van der Waals surface area contributed by atoms with Gasteiger partial charge in [-0.2, -0.15) is 0 Å². The zero-order chi connectivity index (χ0) is 13.8. The van der Waals surface area contributed by atoms with Crippen molar-refractivity contribution >= 4 is 11.6 Å². The van der Waals surface area contributed by atoms with E-state index < -0.39 is 0 Å². The molecule has 3 unspecified atom stereocenters. The minimum atomic E-state index is -0.293. The van der Waals surface area contributed by atoms with Gasteiger partial charge in [0.05, 0.1) is 5.92 Å². The lowest BCUT2D eigenvalue weighted by Crippen LogP contribution is -2.51. The summed E-state index contributed by atoms with van der Waals surface area (Å²) in [5.41, 5.74) is 0. The number of likely N-dealkylation sites (tertiary alicyclic amines) is 1. The van der Waals surface area contributed by atoms with Crippen molar-refractivity contribution in [1.29, 1.82) is 0 Å². The molecule has 3 atom stereocenters. The predicted molar refractivity (Wildman–Crippen MR) is 76.0 cm³/mol. The Labute approximate surface area is 116 Å². The van der Waals surface area contributed by atoms with Gasteiger partial charge in [0.15, 0.2) is 0 Å². The van der Waals surface area contributed by atoms with Crippen LogP contribution >= 0.6 is 0 Å². The molecule has 0 radical (unpaired) electrons. The fraction of sp³-hybridized carbons (Fsp3) is 0.875. The van der Waals surface area contributed by atoms with Crippen LogP contribution in [0.2, 0.25) is 0 Å². The highest BCUT2D eigenvalue weighted by molar-refractivity contribution is 6.03. The summed E-state index contributed by atoms with van der Waals surface area (Å²) in [6.07, 6.45) is 6.41. The molecule has 108 valence electrons. The van der Waals surface area contributed by atoms with E-state index in [-0.39, 0.29) is 17.5 Å². The summed E-state index contributed by atoms with van der Waals surface area (Å²) in [7, 11) is 0. The van der Waals surface area contributed by atoms with E-state index in [1.165, 1.54) is 12.8 Å². The van der Waals surface area contributed by atoms with Crippen LogP contribution in [0.5, 0.6) is 0 Å². The third-order valence-electron chi connectivity index (χ3n) is 4.76. The number of carbonyl (C=O) groups is 2. The van der Waals surface area contributed by atoms with Crippen LogP contribution in [-0.2, 0) is 9.59 Å². The quantitative estimate of drug-likeness (QED) is 0.717. The summed E-state index contributed by atoms with van der Waals surface area (Å²) in [6, 6.07) is 0.484. The lowest BCUT2D eigenvalue weighted by atomic mass is 9.71. The number of nitrogens with zero attached hydrogens (tertiary/aromatic N) is 1. The number of rotatable bonds is 5. The van der Waals surface area contributed by atoms with E-state index in [1.54, 1.807) is 0 Å². The van der Waals surface area contributed by atoms with Gasteiger partial charge >= 0.3 is 0 Å². The second kappa shape index (κ2) is 6.65. The van der Waals surface area contributed by atoms with Gasteiger partial charge in [-0.1, -0.05) is 13.8 Å². The SMILES string of the molecule is CCCC(=O)C1CC2C(CCCN2CCC)CC1=O. The summed E-state index contributed by atoms with van der Waals surface area (Å²) in [6.45, 7) is 6.48. The van der Waals surface area contributed by atoms with E-state index in [4.69, 9.17) is 0 Å². The molecule has 1 aliphatic heterocycles. The van der Waals surface area contributed by atoms with Gasteiger partial charge in [-0.25, -0.2) is 0 Å². The summed E-state index contributed by atoms with van der Waals surface area (Å²) in [5, 5.41) is 0. The Hall–Kier alpha value is -0.700. The molecule has 0 amide bonds. The maximum absolute atomic E-state index is 12.2. The molecular formula is C16H27NO2. The highest BCUT2D eigenvalue weighted by Gasteiger charge is 2.42. The largest absolute Gasteiger partial charge is 0.300 e. The van der Waals surface area contributed by atoms with E-state index in [0.29, 0.717) is 24.8 Å². The minimum absolute atomic E-state index is 0.188. The van der Waals surface area contributed by atoms with E-state index in [1.807, 2.05) is 6.92 Å². The van der Waals surface area contributed by atoms with Crippen molar-refractivity contribution in [3.05, 3.63) is 0 Å². The van der Waals surface area contributed by atoms with Gasteiger partial charge in [-0.3, -0.25) is 9.59 Å². The molecule has 0 spiro atoms. The molecule has 2 aliphatic rings. The Balaban J connectivity index is 2.06. The summed E-state index contributed by atoms with van der Waals surface area (Å²) in [5.74, 6) is 0.628. The molecule has 0 aromatic rings. The number of fused-ring (bicyclic) bond motifs is 1. The van der Waals surface area contributed by atoms with Gasteiger partial charge in [0.25, 0.3) is 0 Å². The molecule has 0 aromatic heterocycles. The van der Waals surface area contributed by atoms with Crippen LogP contribution in [0.1, 0.15) is 58.8 Å². The van der Waals surface area contributed by atoms with Crippen LogP contribution in [0.4, 0.5) is 0 Å². The van der Waals surface area contributed by atoms with Crippen LogP contribution in [0, 0.1) is 11.8 Å². The molecule has 1 aliphatic carbocycles. The normalized spacial score (nSPS) is 32.1. The molecule has 1 saturated carbocycles. The zero-order valence-corrected chi connectivity index (χ0v) is 12.4. The van der Waals surface area contributed by atoms with Gasteiger partial charge in [0, 0.05) is 18.9 Å². The number of ketones is 2. The van der Waals surface area contributed by atoms with E-state index in [2.05, 4.69) is 11.8 Å². The molecule has 2 fully saturated rings. The molecule has 3 heteroatoms. The number of hydrogen-bond donors (Lipinski definition) is 0. The van der Waals surface area contributed by atoms with E-state index in [9.17, 15) is 9.59 Å². The van der Waals surface area contributed by atoms with Crippen molar-refractivity contribution in [2.45, 2.75) is 64.8 Å². The standard InChI is InChI=1S/C16H27NO2/c1-3-6-15(18)13-11-14-12(10-16(13)19)7-5-9-17(14)8-4-2/h12-14H,3-11H2,1-2H3. The maximum Gasteiger partial charge on any atom is 0.143 e. The Morgan fingerprint density at radius 1 is 1.32 bits per heavy atom. The third kappa shape index (κ3) is 3.25. The maximum atomic E-state index is 12.2. The first kappa shape index (κ1) is 14.7.